The minimum Gasteiger partial charge on any atom is -0.461 e. The van der Waals surface area contributed by atoms with Crippen molar-refractivity contribution in [2.75, 3.05) is 6.61 Å². The zero-order valence-corrected chi connectivity index (χ0v) is 16.4. The van der Waals surface area contributed by atoms with Gasteiger partial charge in [0.15, 0.2) is 5.78 Å². The van der Waals surface area contributed by atoms with E-state index in [9.17, 15) is 14.4 Å². The van der Waals surface area contributed by atoms with Gasteiger partial charge in [0.25, 0.3) is 0 Å². The molecule has 0 aliphatic heterocycles. The third kappa shape index (κ3) is 4.08. The summed E-state index contributed by atoms with van der Waals surface area (Å²) in [5, 5.41) is 2.87. The molecule has 26 heavy (non-hydrogen) atoms. The first-order valence-corrected chi connectivity index (χ1v) is 9.18. The zero-order valence-electron chi connectivity index (χ0n) is 16.4. The van der Waals surface area contributed by atoms with Gasteiger partial charge < -0.3 is 19.9 Å². The van der Waals surface area contributed by atoms with Crippen LogP contribution >= 0.6 is 0 Å². The number of H-pyrrole nitrogens is 1. The summed E-state index contributed by atoms with van der Waals surface area (Å²) in [4.78, 5) is 42.4. The third-order valence-corrected chi connectivity index (χ3v) is 4.55. The Bertz CT molecular complexity index is 704. The standard InChI is InChI=1S/C19H29N3O4/c1-7-26-18(24)16-11(4)15(12(5)21-16)17(23)13(6)22(14-8-9-14)19(25)20-10(2)3/h10,13-14,21H,7-9H2,1-6H3,(H,20,25). The largest absolute Gasteiger partial charge is 0.461 e. The van der Waals surface area contributed by atoms with Crippen LogP contribution in [-0.2, 0) is 4.74 Å². The summed E-state index contributed by atoms with van der Waals surface area (Å²) in [6, 6.07) is -0.738. The van der Waals surface area contributed by atoms with Crippen molar-refractivity contribution in [2.24, 2.45) is 0 Å². The molecule has 1 aliphatic rings. The molecule has 2 rings (SSSR count). The molecule has 0 saturated heterocycles. The summed E-state index contributed by atoms with van der Waals surface area (Å²) in [6.07, 6.45) is 1.81. The summed E-state index contributed by atoms with van der Waals surface area (Å²) in [7, 11) is 0. The van der Waals surface area contributed by atoms with Crippen molar-refractivity contribution in [3.63, 3.8) is 0 Å². The lowest BCUT2D eigenvalue weighted by Gasteiger charge is -2.29. The number of rotatable bonds is 7. The Morgan fingerprint density at radius 3 is 2.35 bits per heavy atom. The van der Waals surface area contributed by atoms with Gasteiger partial charge in [0.05, 0.1) is 12.6 Å². The van der Waals surface area contributed by atoms with Crippen molar-refractivity contribution < 1.29 is 19.1 Å². The molecule has 0 radical (unpaired) electrons. The van der Waals surface area contributed by atoms with Gasteiger partial charge in [0.2, 0.25) is 0 Å². The molecule has 1 saturated carbocycles. The number of urea groups is 1. The minimum atomic E-state index is -0.607. The Morgan fingerprint density at radius 2 is 1.85 bits per heavy atom. The number of esters is 1. The molecule has 2 amide bonds. The lowest BCUT2D eigenvalue weighted by Crippen LogP contribution is -2.51. The number of ether oxygens (including phenoxy) is 1. The maximum Gasteiger partial charge on any atom is 0.355 e. The first-order valence-electron chi connectivity index (χ1n) is 9.18. The quantitative estimate of drug-likeness (QED) is 0.575. The van der Waals surface area contributed by atoms with Crippen LogP contribution in [-0.4, -0.2) is 52.4 Å². The second kappa shape index (κ2) is 7.93. The van der Waals surface area contributed by atoms with Crippen LogP contribution in [0.5, 0.6) is 0 Å². The summed E-state index contributed by atoms with van der Waals surface area (Å²) in [6.45, 7) is 11.0. The fraction of sp³-hybridized carbons (Fsp3) is 0.632. The molecule has 1 fully saturated rings. The normalized spacial score (nSPS) is 14.9. The van der Waals surface area contributed by atoms with E-state index in [0.717, 1.165) is 12.8 Å². The molecule has 1 heterocycles. The molecule has 1 atom stereocenters. The second-order valence-corrected chi connectivity index (χ2v) is 7.13. The van der Waals surface area contributed by atoms with Crippen LogP contribution in [0.4, 0.5) is 4.79 Å². The van der Waals surface area contributed by atoms with E-state index < -0.39 is 12.0 Å². The molecule has 0 spiro atoms. The molecule has 7 heteroatoms. The van der Waals surface area contributed by atoms with Crippen LogP contribution in [0, 0.1) is 13.8 Å². The number of hydrogen-bond acceptors (Lipinski definition) is 4. The van der Waals surface area contributed by atoms with Gasteiger partial charge in [-0.2, -0.15) is 0 Å². The van der Waals surface area contributed by atoms with Crippen LogP contribution in [0.25, 0.3) is 0 Å². The van der Waals surface area contributed by atoms with E-state index in [2.05, 4.69) is 10.3 Å². The van der Waals surface area contributed by atoms with Gasteiger partial charge in [0.1, 0.15) is 5.69 Å². The van der Waals surface area contributed by atoms with Crippen LogP contribution in [0.2, 0.25) is 0 Å². The highest BCUT2D eigenvalue weighted by molar-refractivity contribution is 6.06. The van der Waals surface area contributed by atoms with E-state index in [1.165, 1.54) is 0 Å². The van der Waals surface area contributed by atoms with Gasteiger partial charge in [-0.1, -0.05) is 0 Å². The number of aromatic nitrogens is 1. The third-order valence-electron chi connectivity index (χ3n) is 4.55. The Hall–Kier alpha value is -2.31. The monoisotopic (exact) mass is 363 g/mol. The summed E-state index contributed by atoms with van der Waals surface area (Å²) < 4.78 is 5.04. The smallest absolute Gasteiger partial charge is 0.355 e. The summed E-state index contributed by atoms with van der Waals surface area (Å²) >= 11 is 0. The van der Waals surface area contributed by atoms with Crippen LogP contribution < -0.4 is 5.32 Å². The molecule has 2 N–H and O–H groups in total. The molecular weight excluding hydrogens is 334 g/mol. The first-order chi connectivity index (χ1) is 12.2. The van der Waals surface area contributed by atoms with Crippen molar-refractivity contribution in [3.8, 4) is 0 Å². The van der Waals surface area contributed by atoms with Crippen LogP contribution in [0.15, 0.2) is 0 Å². The highest BCUT2D eigenvalue weighted by Gasteiger charge is 2.40. The van der Waals surface area contributed by atoms with E-state index in [4.69, 9.17) is 4.74 Å². The Labute approximate surface area is 154 Å². The number of aromatic amines is 1. The Kier molecular flexibility index (Phi) is 6.10. The minimum absolute atomic E-state index is 0.00259. The predicted octanol–water partition coefficient (Wildman–Crippen LogP) is 2.96. The lowest BCUT2D eigenvalue weighted by atomic mass is 10.00. The van der Waals surface area contributed by atoms with Crippen molar-refractivity contribution in [1.29, 1.82) is 0 Å². The van der Waals surface area contributed by atoms with E-state index in [-0.39, 0.29) is 30.5 Å². The fourth-order valence-electron chi connectivity index (χ4n) is 3.19. The highest BCUT2D eigenvalue weighted by Crippen LogP contribution is 2.31. The number of aryl methyl sites for hydroxylation is 1. The molecule has 0 aromatic carbocycles. The van der Waals surface area contributed by atoms with Crippen LogP contribution in [0.1, 0.15) is 72.6 Å². The SMILES string of the molecule is CCOC(=O)c1[nH]c(C)c(C(=O)C(C)N(C(=O)NC(C)C)C2CC2)c1C. The topological polar surface area (TPSA) is 91.5 Å². The maximum atomic E-state index is 13.2. The number of carbonyl (C=O) groups is 3. The van der Waals surface area contributed by atoms with Crippen molar-refractivity contribution in [1.82, 2.24) is 15.2 Å². The number of carbonyl (C=O) groups excluding carboxylic acids is 3. The Balaban J connectivity index is 2.29. The van der Waals surface area contributed by atoms with Gasteiger partial charge in [-0.3, -0.25) is 4.79 Å². The highest BCUT2D eigenvalue weighted by atomic mass is 16.5. The molecular formula is C19H29N3O4. The van der Waals surface area contributed by atoms with Crippen LogP contribution in [0.3, 0.4) is 0 Å². The van der Waals surface area contributed by atoms with E-state index in [0.29, 0.717) is 22.5 Å². The van der Waals surface area contributed by atoms with Gasteiger partial charge >= 0.3 is 12.0 Å². The number of ketones is 1. The molecule has 1 aliphatic carbocycles. The number of nitrogens with zero attached hydrogens (tertiary/aromatic N) is 1. The Morgan fingerprint density at radius 1 is 1.23 bits per heavy atom. The number of nitrogens with one attached hydrogen (secondary N) is 2. The van der Waals surface area contributed by atoms with Crippen molar-refractivity contribution in [2.45, 2.75) is 72.5 Å². The number of amides is 2. The second-order valence-electron chi connectivity index (χ2n) is 7.13. The summed E-state index contributed by atoms with van der Waals surface area (Å²) in [5.74, 6) is -0.644. The van der Waals surface area contributed by atoms with E-state index in [1.807, 2.05) is 13.8 Å². The average Bonchev–Trinajstić information content (AvgIpc) is 3.31. The van der Waals surface area contributed by atoms with Gasteiger partial charge in [-0.05, 0) is 59.9 Å². The summed E-state index contributed by atoms with van der Waals surface area (Å²) in [5.41, 5.74) is 1.94. The first kappa shape index (κ1) is 20.0. The van der Waals surface area contributed by atoms with Gasteiger partial charge in [-0.25, -0.2) is 9.59 Å². The van der Waals surface area contributed by atoms with Gasteiger partial charge in [-0.15, -0.1) is 0 Å². The van der Waals surface area contributed by atoms with E-state index >= 15 is 0 Å². The zero-order chi connectivity index (χ0) is 19.6. The molecule has 1 aromatic rings. The fourth-order valence-corrected chi connectivity index (χ4v) is 3.19. The predicted molar refractivity (Wildman–Crippen MR) is 98.5 cm³/mol. The van der Waals surface area contributed by atoms with E-state index in [1.54, 1.807) is 32.6 Å². The molecule has 1 unspecified atom stereocenters. The van der Waals surface area contributed by atoms with Crippen molar-refractivity contribution >= 4 is 17.8 Å². The molecule has 1 aromatic heterocycles. The maximum absolute atomic E-state index is 13.2. The van der Waals surface area contributed by atoms with Gasteiger partial charge in [0, 0.05) is 23.3 Å². The lowest BCUT2D eigenvalue weighted by molar-refractivity contribution is 0.0519. The van der Waals surface area contributed by atoms with Crippen molar-refractivity contribution in [3.05, 3.63) is 22.5 Å². The average molecular weight is 363 g/mol. The number of Topliss-reactive ketones (excluding diaryl/α,β-unsaturated/α-hetero) is 1. The molecule has 7 nitrogen and oxygen atoms in total. The molecule has 0 bridgehead atoms. The number of hydrogen-bond donors (Lipinski definition) is 2. The molecule has 144 valence electrons.